The maximum atomic E-state index is 13.4. The molecule has 6 rings (SSSR count). The van der Waals surface area contributed by atoms with Crippen LogP contribution in [-0.2, 0) is 16.5 Å². The van der Waals surface area contributed by atoms with Crippen molar-refractivity contribution in [3.63, 3.8) is 0 Å². The fourth-order valence-electron chi connectivity index (χ4n) is 6.43. The highest BCUT2D eigenvalue weighted by Gasteiger charge is 2.48. The Morgan fingerprint density at radius 1 is 1.27 bits per heavy atom. The van der Waals surface area contributed by atoms with Crippen LogP contribution in [0.3, 0.4) is 0 Å². The van der Waals surface area contributed by atoms with Crippen LogP contribution in [0.15, 0.2) is 33.0 Å². The van der Waals surface area contributed by atoms with Crippen LogP contribution in [0.25, 0.3) is 0 Å². The van der Waals surface area contributed by atoms with E-state index in [1.165, 1.54) is 11.8 Å². The van der Waals surface area contributed by atoms with Crippen molar-refractivity contribution < 1.29 is 14.2 Å². The number of nitrogens with two attached hydrogens (primary N) is 1. The summed E-state index contributed by atoms with van der Waals surface area (Å²) in [5.74, 6) is 2.77. The van der Waals surface area contributed by atoms with E-state index < -0.39 is 0 Å². The number of hydrogen-bond donors (Lipinski definition) is 1. The van der Waals surface area contributed by atoms with Crippen LogP contribution < -0.4 is 25.8 Å². The number of pyridine rings is 1. The standard InChI is InChI=1S/C26H36N6O4S/c1-16-22(27)26(15-36-16)5-8-31(9-6-26)25-29-11-20(24(33)30(25)2)37-19-4-7-28-23-21(19)35-14-18-10-17(13-34-3)12-32(18)23/h4,7,11,16-18,22H,5-6,8-10,12-15,27H2,1-3H3/t16-,17?,18-,22+/m0/s1. The molecule has 0 saturated carbocycles. The first kappa shape index (κ1) is 25.0. The Hall–Kier alpha value is -2.34. The lowest BCUT2D eigenvalue weighted by Crippen LogP contribution is -2.51. The van der Waals surface area contributed by atoms with E-state index >= 15 is 0 Å². The van der Waals surface area contributed by atoms with Crippen molar-refractivity contribution in [2.24, 2.45) is 24.1 Å². The molecule has 0 aromatic carbocycles. The molecule has 4 aliphatic heterocycles. The molecule has 10 nitrogen and oxygen atoms in total. The molecule has 11 heteroatoms. The second-order valence-electron chi connectivity index (χ2n) is 10.9. The van der Waals surface area contributed by atoms with Gasteiger partial charge in [0.05, 0.1) is 41.3 Å². The number of hydrogen-bond acceptors (Lipinski definition) is 10. The first-order chi connectivity index (χ1) is 17.9. The van der Waals surface area contributed by atoms with Gasteiger partial charge in [-0.3, -0.25) is 9.36 Å². The highest BCUT2D eigenvalue weighted by atomic mass is 32.2. The molecule has 4 atom stereocenters. The highest BCUT2D eigenvalue weighted by molar-refractivity contribution is 7.99. The summed E-state index contributed by atoms with van der Waals surface area (Å²) in [6, 6.07) is 2.28. The molecule has 4 aliphatic rings. The number of methoxy groups -OCH3 is 1. The van der Waals surface area contributed by atoms with Crippen LogP contribution in [0.1, 0.15) is 26.2 Å². The third-order valence-corrected chi connectivity index (χ3v) is 9.71. The molecule has 3 saturated heterocycles. The number of piperidine rings is 1. The normalized spacial score (nSPS) is 28.3. The van der Waals surface area contributed by atoms with Crippen LogP contribution in [0, 0.1) is 11.3 Å². The number of nitrogens with zero attached hydrogens (tertiary/aromatic N) is 5. The van der Waals surface area contributed by atoms with Gasteiger partial charge in [-0.25, -0.2) is 9.97 Å². The predicted molar refractivity (Wildman–Crippen MR) is 142 cm³/mol. The summed E-state index contributed by atoms with van der Waals surface area (Å²) in [5, 5.41) is 0. The number of fused-ring (bicyclic) bond motifs is 3. The fourth-order valence-corrected chi connectivity index (χ4v) is 7.37. The van der Waals surface area contributed by atoms with E-state index in [4.69, 9.17) is 24.9 Å². The topological polar surface area (TPSA) is 108 Å². The van der Waals surface area contributed by atoms with E-state index in [9.17, 15) is 4.79 Å². The van der Waals surface area contributed by atoms with Crippen LogP contribution in [0.4, 0.5) is 11.8 Å². The Bertz CT molecular complexity index is 1220. The minimum atomic E-state index is -0.0645. The van der Waals surface area contributed by atoms with Gasteiger partial charge in [0.1, 0.15) is 6.61 Å². The van der Waals surface area contributed by atoms with E-state index in [0.29, 0.717) is 36.0 Å². The second-order valence-corrected chi connectivity index (χ2v) is 12.0. The lowest BCUT2D eigenvalue weighted by molar-refractivity contribution is 0.0973. The Kier molecular flexibility index (Phi) is 6.58. The molecule has 3 fully saturated rings. The third-order valence-electron chi connectivity index (χ3n) is 8.67. The number of rotatable bonds is 5. The first-order valence-electron chi connectivity index (χ1n) is 13.1. The minimum Gasteiger partial charge on any atom is -0.486 e. The van der Waals surface area contributed by atoms with E-state index in [2.05, 4.69) is 21.7 Å². The van der Waals surface area contributed by atoms with Gasteiger partial charge in [0.15, 0.2) is 11.6 Å². The summed E-state index contributed by atoms with van der Waals surface area (Å²) in [6.07, 6.45) is 6.50. The Labute approximate surface area is 221 Å². The first-order valence-corrected chi connectivity index (χ1v) is 14.0. The van der Waals surface area contributed by atoms with E-state index in [-0.39, 0.29) is 23.1 Å². The second kappa shape index (κ2) is 9.76. The van der Waals surface area contributed by atoms with Crippen molar-refractivity contribution in [1.29, 1.82) is 0 Å². The third kappa shape index (κ3) is 4.29. The molecule has 0 bridgehead atoms. The van der Waals surface area contributed by atoms with Gasteiger partial charge in [0.2, 0.25) is 5.95 Å². The summed E-state index contributed by atoms with van der Waals surface area (Å²) in [5.41, 5.74) is 6.44. The summed E-state index contributed by atoms with van der Waals surface area (Å²) in [4.78, 5) is 28.7. The summed E-state index contributed by atoms with van der Waals surface area (Å²) in [6.45, 7) is 6.65. The Balaban J connectivity index is 1.19. The SMILES string of the molecule is COCC1C[C@H]2COc3c(Sc4cnc(N5CCC6(CC5)CO[C@@H](C)[C@H]6N)n(C)c4=O)ccnc3N2C1. The van der Waals surface area contributed by atoms with Crippen molar-refractivity contribution in [2.45, 2.75) is 54.2 Å². The summed E-state index contributed by atoms with van der Waals surface area (Å²) >= 11 is 1.40. The summed E-state index contributed by atoms with van der Waals surface area (Å²) < 4.78 is 19.1. The van der Waals surface area contributed by atoms with Gasteiger partial charge in [-0.1, -0.05) is 11.8 Å². The zero-order valence-electron chi connectivity index (χ0n) is 21.8. The molecule has 1 unspecified atom stereocenters. The maximum absolute atomic E-state index is 13.4. The van der Waals surface area contributed by atoms with E-state index in [1.807, 2.05) is 6.07 Å². The molecule has 37 heavy (non-hydrogen) atoms. The van der Waals surface area contributed by atoms with Crippen molar-refractivity contribution in [3.05, 3.63) is 28.8 Å². The van der Waals surface area contributed by atoms with Gasteiger partial charge in [-0.2, -0.15) is 0 Å². The molecule has 0 amide bonds. The summed E-state index contributed by atoms with van der Waals surface area (Å²) in [7, 11) is 3.55. The smallest absolute Gasteiger partial charge is 0.268 e. The number of anilines is 2. The van der Waals surface area contributed by atoms with Gasteiger partial charge >= 0.3 is 0 Å². The van der Waals surface area contributed by atoms with Crippen LogP contribution in [-0.4, -0.2) is 79.3 Å². The predicted octanol–water partition coefficient (Wildman–Crippen LogP) is 1.89. The molecule has 2 aromatic rings. The van der Waals surface area contributed by atoms with Gasteiger partial charge in [0.25, 0.3) is 5.56 Å². The molecule has 0 aliphatic carbocycles. The zero-order chi connectivity index (χ0) is 25.7. The molecular weight excluding hydrogens is 492 g/mol. The van der Waals surface area contributed by atoms with Gasteiger partial charge in [-0.15, -0.1) is 0 Å². The minimum absolute atomic E-state index is 0.0307. The fraction of sp³-hybridized carbons (Fsp3) is 0.654. The van der Waals surface area contributed by atoms with Gasteiger partial charge in [0, 0.05) is 57.4 Å². The Morgan fingerprint density at radius 2 is 2.08 bits per heavy atom. The number of ether oxygens (including phenoxy) is 3. The molecular formula is C26H36N6O4S. The van der Waals surface area contributed by atoms with Crippen LogP contribution in [0.5, 0.6) is 5.75 Å². The van der Waals surface area contributed by atoms with Crippen LogP contribution >= 0.6 is 11.8 Å². The molecule has 6 heterocycles. The quantitative estimate of drug-likeness (QED) is 0.618. The van der Waals surface area contributed by atoms with Crippen LogP contribution in [0.2, 0.25) is 0 Å². The molecule has 2 aromatic heterocycles. The number of aromatic nitrogens is 3. The van der Waals surface area contributed by atoms with E-state index in [1.54, 1.807) is 31.1 Å². The monoisotopic (exact) mass is 528 g/mol. The van der Waals surface area contributed by atoms with Gasteiger partial charge < -0.3 is 29.7 Å². The molecule has 2 N–H and O–H groups in total. The zero-order valence-corrected chi connectivity index (χ0v) is 22.6. The molecule has 0 radical (unpaired) electrons. The molecule has 1 spiro atoms. The average molecular weight is 529 g/mol. The van der Waals surface area contributed by atoms with E-state index in [0.717, 1.165) is 62.0 Å². The molecule has 200 valence electrons. The lowest BCUT2D eigenvalue weighted by Gasteiger charge is -2.41. The Morgan fingerprint density at radius 3 is 2.81 bits per heavy atom. The van der Waals surface area contributed by atoms with Crippen molar-refractivity contribution in [2.75, 3.05) is 56.4 Å². The maximum Gasteiger partial charge on any atom is 0.268 e. The van der Waals surface area contributed by atoms with Crippen molar-refractivity contribution >= 4 is 23.5 Å². The van der Waals surface area contributed by atoms with Crippen molar-refractivity contribution in [1.82, 2.24) is 14.5 Å². The van der Waals surface area contributed by atoms with Crippen molar-refractivity contribution in [3.8, 4) is 5.75 Å². The lowest BCUT2D eigenvalue weighted by atomic mass is 9.73. The van der Waals surface area contributed by atoms with Gasteiger partial charge in [-0.05, 0) is 32.3 Å². The average Bonchev–Trinajstić information content (AvgIpc) is 3.44. The highest BCUT2D eigenvalue weighted by Crippen LogP contribution is 2.45. The largest absolute Gasteiger partial charge is 0.486 e.